The molecule has 2 aromatic carbocycles. The maximum Gasteiger partial charge on any atom is 0.234 e. The van der Waals surface area contributed by atoms with E-state index >= 15 is 0 Å². The highest BCUT2D eigenvalue weighted by molar-refractivity contribution is 7.99. The van der Waals surface area contributed by atoms with Gasteiger partial charge in [0.2, 0.25) is 5.91 Å². The molecule has 5 aromatic rings. The number of benzene rings is 2. The van der Waals surface area contributed by atoms with Crippen molar-refractivity contribution in [1.82, 2.24) is 19.7 Å². The number of hydrogen-bond donors (Lipinski definition) is 2. The summed E-state index contributed by atoms with van der Waals surface area (Å²) in [4.78, 5) is 18.6. The highest BCUT2D eigenvalue weighted by Crippen LogP contribution is 2.39. The Labute approximate surface area is 186 Å². The second-order valence-electron chi connectivity index (χ2n) is 6.93. The van der Waals surface area contributed by atoms with E-state index in [-0.39, 0.29) is 11.7 Å². The second kappa shape index (κ2) is 8.01. The summed E-state index contributed by atoms with van der Waals surface area (Å²) in [6, 6.07) is 17.6. The number of pyridine rings is 1. The fourth-order valence-electron chi connectivity index (χ4n) is 3.41. The van der Waals surface area contributed by atoms with Crippen LogP contribution in [-0.2, 0) is 11.8 Å². The number of nitrogens with two attached hydrogens (primary N) is 1. The van der Waals surface area contributed by atoms with Crippen LogP contribution in [0, 0.1) is 0 Å². The lowest BCUT2D eigenvalue weighted by atomic mass is 10.1. The molecule has 9 heteroatoms. The molecule has 0 radical (unpaired) electrons. The van der Waals surface area contributed by atoms with Gasteiger partial charge in [-0.05, 0) is 23.6 Å². The van der Waals surface area contributed by atoms with E-state index in [1.165, 1.54) is 23.1 Å². The number of amides is 1. The predicted molar refractivity (Wildman–Crippen MR) is 127 cm³/mol. The number of anilines is 2. The van der Waals surface area contributed by atoms with Crippen molar-refractivity contribution in [3.05, 3.63) is 60.8 Å². The van der Waals surface area contributed by atoms with Crippen molar-refractivity contribution in [1.29, 1.82) is 0 Å². The van der Waals surface area contributed by atoms with Crippen molar-refractivity contribution in [2.75, 3.05) is 16.8 Å². The highest BCUT2D eigenvalue weighted by atomic mass is 32.2. The zero-order chi connectivity index (χ0) is 21.4. The molecule has 0 atom stereocenters. The number of carbonyl (C=O) groups is 1. The number of thiophene rings is 1. The monoisotopic (exact) mass is 446 g/mol. The molecule has 0 fully saturated rings. The molecule has 0 saturated carbocycles. The topological polar surface area (TPSA) is 98.7 Å². The molecule has 0 aliphatic rings. The Hall–Kier alpha value is -3.43. The van der Waals surface area contributed by atoms with E-state index in [0.717, 1.165) is 31.6 Å². The summed E-state index contributed by atoms with van der Waals surface area (Å²) in [5.74, 6) is 0.785. The molecule has 0 unspecified atom stereocenters. The van der Waals surface area contributed by atoms with E-state index < -0.39 is 0 Å². The minimum atomic E-state index is -0.100. The molecule has 7 nitrogen and oxygen atoms in total. The zero-order valence-electron chi connectivity index (χ0n) is 16.6. The van der Waals surface area contributed by atoms with Gasteiger partial charge in [-0.2, -0.15) is 0 Å². The summed E-state index contributed by atoms with van der Waals surface area (Å²) in [6.07, 6.45) is 1.74. The molecule has 0 spiro atoms. The van der Waals surface area contributed by atoms with Gasteiger partial charge in [0.1, 0.15) is 4.83 Å². The average molecular weight is 447 g/mol. The Balaban J connectivity index is 1.33. The highest BCUT2D eigenvalue weighted by Gasteiger charge is 2.19. The van der Waals surface area contributed by atoms with E-state index in [4.69, 9.17) is 5.73 Å². The van der Waals surface area contributed by atoms with E-state index in [9.17, 15) is 4.79 Å². The van der Waals surface area contributed by atoms with Crippen LogP contribution in [0.4, 0.5) is 11.4 Å². The first kappa shape index (κ1) is 19.5. The number of rotatable bonds is 5. The van der Waals surface area contributed by atoms with Gasteiger partial charge in [0, 0.05) is 29.7 Å². The molecule has 31 heavy (non-hydrogen) atoms. The summed E-state index contributed by atoms with van der Waals surface area (Å²) in [5.41, 5.74) is 7.77. The number of thioether (sulfide) groups is 1. The number of hydrogen-bond acceptors (Lipinski definition) is 7. The minimum Gasteiger partial charge on any atom is -0.397 e. The quantitative estimate of drug-likeness (QED) is 0.384. The Morgan fingerprint density at radius 1 is 1.10 bits per heavy atom. The van der Waals surface area contributed by atoms with Gasteiger partial charge >= 0.3 is 0 Å². The molecule has 0 bridgehead atoms. The van der Waals surface area contributed by atoms with E-state index in [2.05, 4.69) is 20.5 Å². The standard InChI is InChI=1S/C22H18N6OS2/c1-28-20(19-18(23)15-9-5-11-24-21(15)31-19)26-27-22(28)30-12-17(29)25-16-10-4-7-13-6-2-3-8-14(13)16/h2-11H,12,23H2,1H3,(H,25,29). The lowest BCUT2D eigenvalue weighted by Gasteiger charge is -2.08. The number of nitrogens with one attached hydrogen (secondary N) is 1. The molecule has 0 aliphatic heterocycles. The first-order valence-corrected chi connectivity index (χ1v) is 11.3. The lowest BCUT2D eigenvalue weighted by molar-refractivity contribution is -0.113. The third-order valence-corrected chi connectivity index (χ3v) is 7.08. The number of carbonyl (C=O) groups excluding carboxylic acids is 1. The number of aromatic nitrogens is 4. The van der Waals surface area contributed by atoms with Crippen molar-refractivity contribution >= 4 is 61.4 Å². The van der Waals surface area contributed by atoms with Crippen LogP contribution in [0.5, 0.6) is 0 Å². The Morgan fingerprint density at radius 2 is 1.90 bits per heavy atom. The van der Waals surface area contributed by atoms with Gasteiger partial charge in [-0.1, -0.05) is 48.2 Å². The van der Waals surface area contributed by atoms with Gasteiger partial charge in [0.15, 0.2) is 11.0 Å². The maximum absolute atomic E-state index is 12.6. The van der Waals surface area contributed by atoms with Gasteiger partial charge in [-0.15, -0.1) is 21.5 Å². The van der Waals surface area contributed by atoms with Gasteiger partial charge in [0.25, 0.3) is 0 Å². The largest absolute Gasteiger partial charge is 0.397 e. The molecule has 3 heterocycles. The Morgan fingerprint density at radius 3 is 2.77 bits per heavy atom. The molecular weight excluding hydrogens is 428 g/mol. The van der Waals surface area contributed by atoms with Crippen LogP contribution in [0.3, 0.4) is 0 Å². The fourth-order valence-corrected chi connectivity index (χ4v) is 5.20. The molecule has 154 valence electrons. The van der Waals surface area contributed by atoms with Crippen molar-refractivity contribution in [3.63, 3.8) is 0 Å². The molecule has 0 saturated heterocycles. The first-order chi connectivity index (χ1) is 15.1. The van der Waals surface area contributed by atoms with Gasteiger partial charge in [-0.3, -0.25) is 4.79 Å². The lowest BCUT2D eigenvalue weighted by Crippen LogP contribution is -2.14. The van der Waals surface area contributed by atoms with Crippen LogP contribution in [0.25, 0.3) is 31.7 Å². The van der Waals surface area contributed by atoms with E-state index in [1.54, 1.807) is 6.20 Å². The summed E-state index contributed by atoms with van der Waals surface area (Å²) in [7, 11) is 1.87. The van der Waals surface area contributed by atoms with E-state index in [0.29, 0.717) is 16.7 Å². The summed E-state index contributed by atoms with van der Waals surface area (Å²) < 4.78 is 1.86. The molecule has 1 amide bonds. The van der Waals surface area contributed by atoms with Gasteiger partial charge in [0.05, 0.1) is 16.3 Å². The van der Waals surface area contributed by atoms with Crippen molar-refractivity contribution in [2.45, 2.75) is 5.16 Å². The van der Waals surface area contributed by atoms with E-state index in [1.807, 2.05) is 66.2 Å². The Kier molecular flexibility index (Phi) is 5.05. The fraction of sp³-hybridized carbons (Fsp3) is 0.0909. The van der Waals surface area contributed by atoms with Crippen LogP contribution >= 0.6 is 23.1 Å². The summed E-state index contributed by atoms with van der Waals surface area (Å²) in [6.45, 7) is 0. The summed E-state index contributed by atoms with van der Waals surface area (Å²) in [5, 5.41) is 15.2. The third-order valence-electron chi connectivity index (χ3n) is 4.94. The maximum atomic E-state index is 12.6. The first-order valence-electron chi connectivity index (χ1n) is 9.55. The Bertz CT molecular complexity index is 1420. The van der Waals surface area contributed by atoms with Crippen LogP contribution in [0.1, 0.15) is 0 Å². The number of nitrogen functional groups attached to an aromatic ring is 1. The van der Waals surface area contributed by atoms with Crippen molar-refractivity contribution in [3.8, 4) is 10.7 Å². The minimum absolute atomic E-state index is 0.100. The SMILES string of the molecule is Cn1c(SCC(=O)Nc2cccc3ccccc23)nnc1-c1sc2ncccc2c1N. The normalized spacial score (nSPS) is 11.3. The van der Waals surface area contributed by atoms with Crippen molar-refractivity contribution < 1.29 is 4.79 Å². The van der Waals surface area contributed by atoms with Crippen LogP contribution < -0.4 is 11.1 Å². The smallest absolute Gasteiger partial charge is 0.234 e. The van der Waals surface area contributed by atoms with Crippen LogP contribution in [-0.4, -0.2) is 31.4 Å². The van der Waals surface area contributed by atoms with Crippen molar-refractivity contribution in [2.24, 2.45) is 7.05 Å². The van der Waals surface area contributed by atoms with Gasteiger partial charge in [-0.25, -0.2) is 4.98 Å². The van der Waals surface area contributed by atoms with Gasteiger partial charge < -0.3 is 15.6 Å². The molecular formula is C22H18N6OS2. The predicted octanol–water partition coefficient (Wildman–Crippen LogP) is 4.56. The molecule has 3 aromatic heterocycles. The average Bonchev–Trinajstić information content (AvgIpc) is 3.32. The molecule has 0 aliphatic carbocycles. The third kappa shape index (κ3) is 3.62. The summed E-state index contributed by atoms with van der Waals surface area (Å²) >= 11 is 2.82. The second-order valence-corrected chi connectivity index (χ2v) is 8.87. The molecule has 5 rings (SSSR count). The number of fused-ring (bicyclic) bond motifs is 2. The number of nitrogens with zero attached hydrogens (tertiary/aromatic N) is 4. The van der Waals surface area contributed by atoms with Crippen LogP contribution in [0.15, 0.2) is 66.0 Å². The molecule has 3 N–H and O–H groups in total. The zero-order valence-corrected chi connectivity index (χ0v) is 18.2. The van der Waals surface area contributed by atoms with Crippen LogP contribution in [0.2, 0.25) is 0 Å².